The van der Waals surface area contributed by atoms with Crippen molar-refractivity contribution >= 4 is 11.9 Å². The van der Waals surface area contributed by atoms with Crippen LogP contribution in [0.3, 0.4) is 0 Å². The van der Waals surface area contributed by atoms with E-state index in [1.54, 1.807) is 6.92 Å². The predicted molar refractivity (Wildman–Crippen MR) is 66.3 cm³/mol. The van der Waals surface area contributed by atoms with Gasteiger partial charge in [-0.3, -0.25) is 0 Å². The molecule has 1 heterocycles. The molecule has 2 N–H and O–H groups in total. The molecule has 0 atom stereocenters. The molecule has 5 heteroatoms. The summed E-state index contributed by atoms with van der Waals surface area (Å²) in [5.41, 5.74) is 0.636. The maximum atomic E-state index is 10.8. The first kappa shape index (κ1) is 13.4. The Hall–Kier alpha value is -1.65. The lowest BCUT2D eigenvalue weighted by Crippen LogP contribution is -2.10. The predicted octanol–water partition coefficient (Wildman–Crippen LogP) is 2.33. The van der Waals surface area contributed by atoms with Crippen LogP contribution in [0.5, 0.6) is 0 Å². The first-order valence-corrected chi connectivity index (χ1v) is 5.81. The molecule has 0 saturated carbocycles. The van der Waals surface area contributed by atoms with Gasteiger partial charge in [0.2, 0.25) is 5.95 Å². The normalized spacial score (nSPS) is 10.6. The molecule has 0 aliphatic rings. The van der Waals surface area contributed by atoms with Crippen molar-refractivity contribution in [3.63, 3.8) is 0 Å². The molecular weight excluding hydrogens is 218 g/mol. The second-order valence-electron chi connectivity index (χ2n) is 4.46. The van der Waals surface area contributed by atoms with Crippen molar-refractivity contribution in [1.82, 2.24) is 9.97 Å². The monoisotopic (exact) mass is 237 g/mol. The third-order valence-electron chi connectivity index (χ3n) is 2.45. The van der Waals surface area contributed by atoms with Crippen LogP contribution in [0.25, 0.3) is 0 Å². The Bertz CT molecular complexity index is 391. The fraction of sp³-hybridized carbons (Fsp3) is 0.583. The number of carboxylic acid groups (broad SMARTS) is 1. The maximum absolute atomic E-state index is 10.8. The van der Waals surface area contributed by atoms with Crippen LogP contribution < -0.4 is 5.32 Å². The van der Waals surface area contributed by atoms with Crippen molar-refractivity contribution in [2.45, 2.75) is 33.6 Å². The Morgan fingerprint density at radius 1 is 1.53 bits per heavy atom. The highest BCUT2D eigenvalue weighted by Crippen LogP contribution is 2.08. The highest BCUT2D eigenvalue weighted by molar-refractivity contribution is 5.88. The molecule has 0 radical (unpaired) electrons. The second-order valence-corrected chi connectivity index (χ2v) is 4.46. The van der Waals surface area contributed by atoms with E-state index in [1.165, 1.54) is 6.20 Å². The lowest BCUT2D eigenvalue weighted by Gasteiger charge is -2.07. The molecule has 0 unspecified atom stereocenters. The number of hydrogen-bond acceptors (Lipinski definition) is 4. The number of aromatic carboxylic acids is 1. The lowest BCUT2D eigenvalue weighted by atomic mass is 10.1. The Kier molecular flexibility index (Phi) is 4.87. The molecule has 0 aliphatic heterocycles. The minimum atomic E-state index is -0.992. The fourth-order valence-electron chi connectivity index (χ4n) is 1.47. The zero-order valence-electron chi connectivity index (χ0n) is 10.5. The van der Waals surface area contributed by atoms with Gasteiger partial charge in [0, 0.05) is 12.7 Å². The van der Waals surface area contributed by atoms with Crippen LogP contribution in [-0.4, -0.2) is 27.6 Å². The van der Waals surface area contributed by atoms with E-state index in [2.05, 4.69) is 29.1 Å². The van der Waals surface area contributed by atoms with Crippen LogP contribution in [-0.2, 0) is 0 Å². The number of anilines is 1. The molecule has 1 aromatic heterocycles. The summed E-state index contributed by atoms with van der Waals surface area (Å²) in [6.07, 6.45) is 3.55. The van der Waals surface area contributed by atoms with Gasteiger partial charge in [-0.25, -0.2) is 14.8 Å². The SMILES string of the molecule is Cc1nc(NCCCC(C)C)ncc1C(=O)O. The zero-order chi connectivity index (χ0) is 12.8. The Labute approximate surface area is 101 Å². The van der Waals surface area contributed by atoms with Gasteiger partial charge in [0.15, 0.2) is 0 Å². The van der Waals surface area contributed by atoms with Crippen molar-refractivity contribution in [2.75, 3.05) is 11.9 Å². The van der Waals surface area contributed by atoms with Gasteiger partial charge in [0.1, 0.15) is 0 Å². The van der Waals surface area contributed by atoms with E-state index in [1.807, 2.05) is 0 Å². The first-order chi connectivity index (χ1) is 8.00. The van der Waals surface area contributed by atoms with Gasteiger partial charge < -0.3 is 10.4 Å². The third kappa shape index (κ3) is 4.38. The quantitative estimate of drug-likeness (QED) is 0.743. The van der Waals surface area contributed by atoms with E-state index in [9.17, 15) is 4.79 Å². The third-order valence-corrected chi connectivity index (χ3v) is 2.45. The van der Waals surface area contributed by atoms with Crippen LogP contribution >= 0.6 is 0 Å². The van der Waals surface area contributed by atoms with Crippen molar-refractivity contribution in [1.29, 1.82) is 0 Å². The molecule has 0 spiro atoms. The molecule has 17 heavy (non-hydrogen) atoms. The van der Waals surface area contributed by atoms with Crippen molar-refractivity contribution in [3.05, 3.63) is 17.5 Å². The van der Waals surface area contributed by atoms with Gasteiger partial charge in [-0.15, -0.1) is 0 Å². The van der Waals surface area contributed by atoms with Crippen molar-refractivity contribution < 1.29 is 9.90 Å². The number of carboxylic acids is 1. The van der Waals surface area contributed by atoms with E-state index in [4.69, 9.17) is 5.11 Å². The largest absolute Gasteiger partial charge is 0.478 e. The Morgan fingerprint density at radius 3 is 2.76 bits per heavy atom. The highest BCUT2D eigenvalue weighted by Gasteiger charge is 2.09. The van der Waals surface area contributed by atoms with Crippen molar-refractivity contribution in [3.8, 4) is 0 Å². The topological polar surface area (TPSA) is 75.1 Å². The van der Waals surface area contributed by atoms with Crippen LogP contribution in [0.2, 0.25) is 0 Å². The second kappa shape index (κ2) is 6.18. The smallest absolute Gasteiger partial charge is 0.339 e. The van der Waals surface area contributed by atoms with Gasteiger partial charge >= 0.3 is 5.97 Å². The molecule has 1 aromatic rings. The average Bonchev–Trinajstić information content (AvgIpc) is 2.23. The number of aromatic nitrogens is 2. The van der Waals surface area contributed by atoms with Gasteiger partial charge in [-0.05, 0) is 25.7 Å². The van der Waals surface area contributed by atoms with Crippen molar-refractivity contribution in [2.24, 2.45) is 5.92 Å². The summed E-state index contributed by atoms with van der Waals surface area (Å²) >= 11 is 0. The molecule has 0 bridgehead atoms. The standard InChI is InChI=1S/C12H19N3O2/c1-8(2)5-4-6-13-12-14-7-10(11(16)17)9(3)15-12/h7-8H,4-6H2,1-3H3,(H,16,17)(H,13,14,15). The number of carbonyl (C=O) groups is 1. The number of nitrogens with zero attached hydrogens (tertiary/aromatic N) is 2. The molecule has 0 saturated heterocycles. The summed E-state index contributed by atoms with van der Waals surface area (Å²) in [6.45, 7) is 6.85. The van der Waals surface area contributed by atoms with Crippen LogP contribution in [0.4, 0.5) is 5.95 Å². The Morgan fingerprint density at radius 2 is 2.24 bits per heavy atom. The maximum Gasteiger partial charge on any atom is 0.339 e. The summed E-state index contributed by atoms with van der Waals surface area (Å²) in [7, 11) is 0. The van der Waals surface area contributed by atoms with Crippen LogP contribution in [0, 0.1) is 12.8 Å². The fourth-order valence-corrected chi connectivity index (χ4v) is 1.47. The Balaban J connectivity index is 2.50. The number of hydrogen-bond donors (Lipinski definition) is 2. The first-order valence-electron chi connectivity index (χ1n) is 5.81. The average molecular weight is 237 g/mol. The van der Waals surface area contributed by atoms with Crippen LogP contribution in [0.15, 0.2) is 6.20 Å². The zero-order valence-corrected chi connectivity index (χ0v) is 10.5. The number of rotatable bonds is 6. The molecule has 5 nitrogen and oxygen atoms in total. The van der Waals surface area contributed by atoms with Gasteiger partial charge in [-0.2, -0.15) is 0 Å². The van der Waals surface area contributed by atoms with Gasteiger partial charge in [0.05, 0.1) is 11.3 Å². The van der Waals surface area contributed by atoms with E-state index in [-0.39, 0.29) is 5.56 Å². The molecule has 94 valence electrons. The van der Waals surface area contributed by atoms with E-state index >= 15 is 0 Å². The van der Waals surface area contributed by atoms with Gasteiger partial charge in [0.25, 0.3) is 0 Å². The summed E-state index contributed by atoms with van der Waals surface area (Å²) in [4.78, 5) is 18.9. The lowest BCUT2D eigenvalue weighted by molar-refractivity contribution is 0.0695. The molecular formula is C12H19N3O2. The van der Waals surface area contributed by atoms with E-state index in [0.29, 0.717) is 17.6 Å². The minimum Gasteiger partial charge on any atom is -0.478 e. The van der Waals surface area contributed by atoms with E-state index < -0.39 is 5.97 Å². The summed E-state index contributed by atoms with van der Waals surface area (Å²) in [5.74, 6) is 0.193. The molecule has 0 fully saturated rings. The number of nitrogens with one attached hydrogen (secondary N) is 1. The highest BCUT2D eigenvalue weighted by atomic mass is 16.4. The summed E-state index contributed by atoms with van der Waals surface area (Å²) in [6, 6.07) is 0. The summed E-state index contributed by atoms with van der Waals surface area (Å²) in [5, 5.41) is 11.9. The summed E-state index contributed by atoms with van der Waals surface area (Å²) < 4.78 is 0. The molecule has 0 aromatic carbocycles. The molecule has 0 aliphatic carbocycles. The molecule has 0 amide bonds. The molecule has 1 rings (SSSR count). The van der Waals surface area contributed by atoms with Crippen LogP contribution in [0.1, 0.15) is 42.7 Å². The van der Waals surface area contributed by atoms with Gasteiger partial charge in [-0.1, -0.05) is 13.8 Å². The minimum absolute atomic E-state index is 0.151. The number of aryl methyl sites for hydroxylation is 1. The van der Waals surface area contributed by atoms with E-state index in [0.717, 1.165) is 19.4 Å².